The Morgan fingerprint density at radius 3 is 2.92 bits per heavy atom. The van der Waals surface area contributed by atoms with Crippen molar-refractivity contribution in [3.05, 3.63) is 0 Å². The zero-order chi connectivity index (χ0) is 8.97. The first-order chi connectivity index (χ1) is 5.68. The van der Waals surface area contributed by atoms with Crippen molar-refractivity contribution in [1.29, 1.82) is 0 Å². The number of aliphatic hydroxyl groups is 1. The van der Waals surface area contributed by atoms with Crippen molar-refractivity contribution in [2.45, 2.75) is 50.8 Å². The summed E-state index contributed by atoms with van der Waals surface area (Å²) in [6.45, 7) is 2.49. The molecule has 3 nitrogen and oxygen atoms in total. The number of nitrogens with two attached hydrogens (primary N) is 1. The van der Waals surface area contributed by atoms with Crippen LogP contribution in [0.4, 0.5) is 0 Å². The third kappa shape index (κ3) is 3.52. The van der Waals surface area contributed by atoms with E-state index in [1.807, 2.05) is 0 Å². The Bertz CT molecular complexity index is 128. The van der Waals surface area contributed by atoms with Crippen LogP contribution in [0, 0.1) is 0 Å². The van der Waals surface area contributed by atoms with Crippen LogP contribution in [0.25, 0.3) is 0 Å². The average Bonchev–Trinajstić information content (AvgIpc) is 2.01. The molecule has 3 unspecified atom stereocenters. The second kappa shape index (κ2) is 4.80. The zero-order valence-electron chi connectivity index (χ0n) is 7.79. The molecular weight excluding hydrogens is 152 g/mol. The van der Waals surface area contributed by atoms with E-state index in [1.165, 1.54) is 12.8 Å². The van der Waals surface area contributed by atoms with E-state index in [-0.39, 0.29) is 6.10 Å². The highest BCUT2D eigenvalue weighted by atomic mass is 16.3. The van der Waals surface area contributed by atoms with Crippen molar-refractivity contribution in [2.75, 3.05) is 6.54 Å². The minimum Gasteiger partial charge on any atom is -0.392 e. The summed E-state index contributed by atoms with van der Waals surface area (Å²) in [6.07, 6.45) is 4.40. The van der Waals surface area contributed by atoms with E-state index in [2.05, 4.69) is 5.32 Å². The van der Waals surface area contributed by atoms with Gasteiger partial charge in [0.15, 0.2) is 0 Å². The summed E-state index contributed by atoms with van der Waals surface area (Å²) >= 11 is 0. The molecule has 3 atom stereocenters. The minimum absolute atomic E-state index is 0.247. The molecule has 0 aliphatic heterocycles. The van der Waals surface area contributed by atoms with Gasteiger partial charge < -0.3 is 16.2 Å². The van der Waals surface area contributed by atoms with E-state index in [0.29, 0.717) is 18.6 Å². The second-order valence-corrected chi connectivity index (χ2v) is 3.88. The van der Waals surface area contributed by atoms with Gasteiger partial charge in [0.1, 0.15) is 0 Å². The van der Waals surface area contributed by atoms with Gasteiger partial charge in [0.2, 0.25) is 0 Å². The van der Waals surface area contributed by atoms with Gasteiger partial charge in [-0.15, -0.1) is 0 Å². The molecule has 1 fully saturated rings. The number of rotatable bonds is 3. The maximum absolute atomic E-state index is 9.06. The van der Waals surface area contributed by atoms with Crippen LogP contribution in [0.1, 0.15) is 32.6 Å². The zero-order valence-corrected chi connectivity index (χ0v) is 7.79. The van der Waals surface area contributed by atoms with Crippen LogP contribution >= 0.6 is 0 Å². The Hall–Kier alpha value is -0.120. The standard InChI is InChI=1S/C9H20N2O/c1-7(12)6-11-9-4-2-3-8(10)5-9/h7-9,11-12H,2-6,10H2,1H3. The van der Waals surface area contributed by atoms with Crippen LogP contribution in [-0.4, -0.2) is 29.8 Å². The Labute approximate surface area is 74.3 Å². The number of aliphatic hydroxyl groups excluding tert-OH is 1. The molecule has 0 aromatic heterocycles. The minimum atomic E-state index is -0.247. The maximum Gasteiger partial charge on any atom is 0.0636 e. The summed E-state index contributed by atoms with van der Waals surface area (Å²) in [5.41, 5.74) is 5.83. The van der Waals surface area contributed by atoms with E-state index < -0.39 is 0 Å². The van der Waals surface area contributed by atoms with E-state index in [4.69, 9.17) is 10.8 Å². The monoisotopic (exact) mass is 172 g/mol. The molecule has 0 amide bonds. The summed E-state index contributed by atoms with van der Waals surface area (Å²) in [7, 11) is 0. The van der Waals surface area contributed by atoms with E-state index >= 15 is 0 Å². The highest BCUT2D eigenvalue weighted by molar-refractivity contribution is 4.79. The van der Waals surface area contributed by atoms with Crippen LogP contribution in [0.5, 0.6) is 0 Å². The summed E-state index contributed by atoms with van der Waals surface area (Å²) in [5.74, 6) is 0. The van der Waals surface area contributed by atoms with Crippen molar-refractivity contribution in [3.8, 4) is 0 Å². The molecule has 1 saturated carbocycles. The molecule has 0 spiro atoms. The lowest BCUT2D eigenvalue weighted by Crippen LogP contribution is -2.41. The Kier molecular flexibility index (Phi) is 3.98. The third-order valence-electron chi connectivity index (χ3n) is 2.42. The fourth-order valence-corrected chi connectivity index (χ4v) is 1.75. The quantitative estimate of drug-likeness (QED) is 0.571. The highest BCUT2D eigenvalue weighted by Gasteiger charge is 2.18. The lowest BCUT2D eigenvalue weighted by Gasteiger charge is -2.27. The first-order valence-electron chi connectivity index (χ1n) is 4.85. The number of hydrogen-bond acceptors (Lipinski definition) is 3. The molecule has 0 aromatic carbocycles. The van der Waals surface area contributed by atoms with E-state index in [0.717, 1.165) is 12.8 Å². The Morgan fingerprint density at radius 1 is 1.58 bits per heavy atom. The number of hydrogen-bond donors (Lipinski definition) is 3. The number of nitrogens with one attached hydrogen (secondary N) is 1. The molecule has 0 bridgehead atoms. The summed E-state index contributed by atoms with van der Waals surface area (Å²) in [6, 6.07) is 0.897. The molecule has 0 saturated heterocycles. The molecule has 1 rings (SSSR count). The van der Waals surface area contributed by atoms with Crippen molar-refractivity contribution in [3.63, 3.8) is 0 Å². The van der Waals surface area contributed by atoms with Crippen molar-refractivity contribution < 1.29 is 5.11 Å². The molecule has 4 N–H and O–H groups in total. The molecule has 72 valence electrons. The van der Waals surface area contributed by atoms with Gasteiger partial charge in [-0.3, -0.25) is 0 Å². The molecule has 0 radical (unpaired) electrons. The summed E-state index contributed by atoms with van der Waals surface area (Å²) < 4.78 is 0. The predicted octanol–water partition coefficient (Wildman–Crippen LogP) is 0.227. The molecule has 0 aromatic rings. The smallest absolute Gasteiger partial charge is 0.0636 e. The first kappa shape index (κ1) is 9.96. The molecule has 3 heteroatoms. The fourth-order valence-electron chi connectivity index (χ4n) is 1.75. The Balaban J connectivity index is 2.14. The highest BCUT2D eigenvalue weighted by Crippen LogP contribution is 2.16. The molecular formula is C9H20N2O. The van der Waals surface area contributed by atoms with Crippen molar-refractivity contribution in [2.24, 2.45) is 5.73 Å². The first-order valence-corrected chi connectivity index (χ1v) is 4.85. The van der Waals surface area contributed by atoms with Crippen LogP contribution in [0.3, 0.4) is 0 Å². The third-order valence-corrected chi connectivity index (χ3v) is 2.42. The van der Waals surface area contributed by atoms with Gasteiger partial charge in [-0.05, 0) is 26.2 Å². The summed E-state index contributed by atoms with van der Waals surface area (Å²) in [5, 5.41) is 12.4. The van der Waals surface area contributed by atoms with Gasteiger partial charge in [0.25, 0.3) is 0 Å². The molecule has 12 heavy (non-hydrogen) atoms. The van der Waals surface area contributed by atoms with Crippen molar-refractivity contribution in [1.82, 2.24) is 5.32 Å². The van der Waals surface area contributed by atoms with E-state index in [1.54, 1.807) is 6.92 Å². The lowest BCUT2D eigenvalue weighted by molar-refractivity contribution is 0.180. The maximum atomic E-state index is 9.06. The fraction of sp³-hybridized carbons (Fsp3) is 1.00. The Morgan fingerprint density at radius 2 is 2.33 bits per heavy atom. The summed E-state index contributed by atoms with van der Waals surface area (Å²) in [4.78, 5) is 0. The van der Waals surface area contributed by atoms with Crippen LogP contribution in [-0.2, 0) is 0 Å². The van der Waals surface area contributed by atoms with Crippen LogP contribution < -0.4 is 11.1 Å². The van der Waals surface area contributed by atoms with Crippen LogP contribution in [0.15, 0.2) is 0 Å². The molecule has 1 aliphatic carbocycles. The van der Waals surface area contributed by atoms with Gasteiger partial charge >= 0.3 is 0 Å². The van der Waals surface area contributed by atoms with Crippen molar-refractivity contribution >= 4 is 0 Å². The van der Waals surface area contributed by atoms with Gasteiger partial charge in [-0.2, -0.15) is 0 Å². The van der Waals surface area contributed by atoms with Gasteiger partial charge in [-0.25, -0.2) is 0 Å². The second-order valence-electron chi connectivity index (χ2n) is 3.88. The normalized spacial score (nSPS) is 33.2. The predicted molar refractivity (Wildman–Crippen MR) is 49.9 cm³/mol. The van der Waals surface area contributed by atoms with Gasteiger partial charge in [-0.1, -0.05) is 6.42 Å². The van der Waals surface area contributed by atoms with Gasteiger partial charge in [0, 0.05) is 18.6 Å². The SMILES string of the molecule is CC(O)CNC1CCCC(N)C1. The van der Waals surface area contributed by atoms with Crippen LogP contribution in [0.2, 0.25) is 0 Å². The molecule has 0 heterocycles. The largest absolute Gasteiger partial charge is 0.392 e. The van der Waals surface area contributed by atoms with Gasteiger partial charge in [0.05, 0.1) is 6.10 Å². The average molecular weight is 172 g/mol. The topological polar surface area (TPSA) is 58.3 Å². The lowest BCUT2D eigenvalue weighted by atomic mass is 9.91. The molecule has 1 aliphatic rings. The van der Waals surface area contributed by atoms with E-state index in [9.17, 15) is 0 Å².